The maximum atomic E-state index is 12.3. The molecule has 4 rings (SSSR count). The predicted molar refractivity (Wildman–Crippen MR) is 76.5 cm³/mol. The van der Waals surface area contributed by atoms with Gasteiger partial charge in [-0.05, 0) is 68.6 Å². The Bertz CT molecular complexity index is 383. The zero-order valence-corrected chi connectivity index (χ0v) is 12.8. The van der Waals surface area contributed by atoms with Crippen LogP contribution in [0.25, 0.3) is 0 Å². The van der Waals surface area contributed by atoms with Crippen LogP contribution in [0.3, 0.4) is 0 Å². The second-order valence-electron chi connectivity index (χ2n) is 7.18. The third kappa shape index (κ3) is 2.61. The fourth-order valence-electron chi connectivity index (χ4n) is 5.31. The molecule has 0 aliphatic heterocycles. The molecule has 4 bridgehead atoms. The Labute approximate surface area is 125 Å². The molecule has 112 valence electrons. The molecule has 1 atom stereocenters. The van der Waals surface area contributed by atoms with Gasteiger partial charge in [-0.15, -0.1) is 11.6 Å². The number of ether oxygens (including phenoxy) is 1. The van der Waals surface area contributed by atoms with Gasteiger partial charge in [0.15, 0.2) is 11.2 Å². The number of hydrogen-bond donors (Lipinski definition) is 0. The highest BCUT2D eigenvalue weighted by atomic mass is 35.5. The fourth-order valence-corrected chi connectivity index (χ4v) is 5.45. The molecule has 0 aromatic carbocycles. The summed E-state index contributed by atoms with van der Waals surface area (Å²) in [5.74, 6) is 1.72. The van der Waals surface area contributed by atoms with Crippen molar-refractivity contribution < 1.29 is 14.3 Å². The minimum Gasteiger partial charge on any atom is -0.465 e. The first kappa shape index (κ1) is 14.4. The summed E-state index contributed by atoms with van der Waals surface area (Å²) in [7, 11) is 0. The van der Waals surface area contributed by atoms with Crippen LogP contribution in [0.4, 0.5) is 0 Å². The maximum Gasteiger partial charge on any atom is 0.331 e. The van der Waals surface area contributed by atoms with E-state index in [1.54, 1.807) is 6.92 Å². The highest BCUT2D eigenvalue weighted by molar-refractivity contribution is 6.41. The van der Waals surface area contributed by atoms with Gasteiger partial charge in [0.2, 0.25) is 0 Å². The van der Waals surface area contributed by atoms with Crippen molar-refractivity contribution in [3.63, 3.8) is 0 Å². The van der Waals surface area contributed by atoms with Crippen molar-refractivity contribution in [3.05, 3.63) is 0 Å². The number of carbonyl (C=O) groups is 2. The average Bonchev–Trinajstić information content (AvgIpc) is 2.35. The molecule has 0 aromatic heterocycles. The van der Waals surface area contributed by atoms with Crippen LogP contribution in [0.15, 0.2) is 0 Å². The van der Waals surface area contributed by atoms with E-state index < -0.39 is 11.3 Å². The fraction of sp³-hybridized carbons (Fsp3) is 0.875. The SMILES string of the molecule is CCOC(=O)C(Cl)C(=O)CC12CC3CC(CC(C3)C1)C2. The third-order valence-electron chi connectivity index (χ3n) is 5.49. The summed E-state index contributed by atoms with van der Waals surface area (Å²) in [6, 6.07) is 0. The van der Waals surface area contributed by atoms with Crippen LogP contribution in [0.5, 0.6) is 0 Å². The Morgan fingerprint density at radius 2 is 1.65 bits per heavy atom. The number of alkyl halides is 1. The Hall–Kier alpha value is -0.570. The molecule has 4 saturated carbocycles. The molecule has 3 nitrogen and oxygen atoms in total. The first-order valence-corrected chi connectivity index (χ1v) is 8.28. The summed E-state index contributed by atoms with van der Waals surface area (Å²) < 4.78 is 4.85. The van der Waals surface area contributed by atoms with Gasteiger partial charge >= 0.3 is 5.97 Å². The van der Waals surface area contributed by atoms with Crippen LogP contribution < -0.4 is 0 Å². The lowest BCUT2D eigenvalue weighted by molar-refractivity contribution is -0.146. The topological polar surface area (TPSA) is 43.4 Å². The van der Waals surface area contributed by atoms with Crippen molar-refractivity contribution in [2.75, 3.05) is 6.61 Å². The van der Waals surface area contributed by atoms with E-state index in [0.29, 0.717) is 6.42 Å². The van der Waals surface area contributed by atoms with E-state index in [-0.39, 0.29) is 17.8 Å². The molecule has 4 fully saturated rings. The number of esters is 1. The molecule has 20 heavy (non-hydrogen) atoms. The molecule has 0 aromatic rings. The summed E-state index contributed by atoms with van der Waals surface area (Å²) in [6.07, 6.45) is 8.04. The number of hydrogen-bond acceptors (Lipinski definition) is 3. The van der Waals surface area contributed by atoms with Crippen molar-refractivity contribution in [2.24, 2.45) is 23.2 Å². The van der Waals surface area contributed by atoms with Gasteiger partial charge in [0.1, 0.15) is 0 Å². The second kappa shape index (κ2) is 5.32. The van der Waals surface area contributed by atoms with Crippen LogP contribution >= 0.6 is 11.6 Å². The molecular weight excluding hydrogens is 276 g/mol. The number of ketones is 1. The summed E-state index contributed by atoms with van der Waals surface area (Å²) >= 11 is 5.98. The second-order valence-corrected chi connectivity index (χ2v) is 7.61. The van der Waals surface area contributed by atoms with Crippen molar-refractivity contribution in [3.8, 4) is 0 Å². The summed E-state index contributed by atoms with van der Waals surface area (Å²) in [5, 5.41) is -1.11. The Morgan fingerprint density at radius 3 is 2.10 bits per heavy atom. The minimum atomic E-state index is -1.11. The molecule has 0 spiro atoms. The Kier molecular flexibility index (Phi) is 3.83. The standard InChI is InChI=1S/C16H23ClO3/c1-2-20-15(19)14(17)13(18)9-16-6-10-3-11(7-16)5-12(4-10)8-16/h10-12,14H,2-9H2,1H3. The molecule has 4 aliphatic carbocycles. The van der Waals surface area contributed by atoms with E-state index in [9.17, 15) is 9.59 Å². The lowest BCUT2D eigenvalue weighted by Crippen LogP contribution is -2.47. The van der Waals surface area contributed by atoms with Gasteiger partial charge in [-0.25, -0.2) is 4.79 Å². The maximum absolute atomic E-state index is 12.3. The van der Waals surface area contributed by atoms with Gasteiger partial charge in [0.25, 0.3) is 0 Å². The zero-order chi connectivity index (χ0) is 14.3. The minimum absolute atomic E-state index is 0.132. The summed E-state index contributed by atoms with van der Waals surface area (Å²) in [4.78, 5) is 23.9. The van der Waals surface area contributed by atoms with Gasteiger partial charge in [-0.2, -0.15) is 0 Å². The van der Waals surface area contributed by atoms with E-state index in [1.165, 1.54) is 19.3 Å². The Balaban J connectivity index is 1.65. The molecule has 0 amide bonds. The van der Waals surface area contributed by atoms with Crippen LogP contribution in [0.2, 0.25) is 0 Å². The summed E-state index contributed by atoms with van der Waals surface area (Å²) in [6.45, 7) is 2.00. The third-order valence-corrected chi connectivity index (χ3v) is 5.91. The number of Topliss-reactive ketones (excluding diaryl/α,β-unsaturated/α-hetero) is 1. The molecular formula is C16H23ClO3. The van der Waals surface area contributed by atoms with E-state index >= 15 is 0 Å². The average molecular weight is 299 g/mol. The monoisotopic (exact) mass is 298 g/mol. The van der Waals surface area contributed by atoms with E-state index in [0.717, 1.165) is 37.0 Å². The lowest BCUT2D eigenvalue weighted by Gasteiger charge is -2.56. The van der Waals surface area contributed by atoms with Crippen molar-refractivity contribution in [2.45, 2.75) is 57.2 Å². The highest BCUT2D eigenvalue weighted by Gasteiger charge is 2.52. The number of halogens is 1. The van der Waals surface area contributed by atoms with E-state index in [4.69, 9.17) is 16.3 Å². The van der Waals surface area contributed by atoms with Gasteiger partial charge < -0.3 is 4.74 Å². The molecule has 0 saturated heterocycles. The van der Waals surface area contributed by atoms with Crippen LogP contribution in [-0.2, 0) is 14.3 Å². The van der Waals surface area contributed by atoms with Gasteiger partial charge in [0, 0.05) is 6.42 Å². The van der Waals surface area contributed by atoms with Crippen LogP contribution in [0, 0.1) is 23.2 Å². The number of rotatable bonds is 5. The van der Waals surface area contributed by atoms with Crippen LogP contribution in [-0.4, -0.2) is 23.7 Å². The molecule has 4 heteroatoms. The number of carbonyl (C=O) groups excluding carboxylic acids is 2. The van der Waals surface area contributed by atoms with E-state index in [1.807, 2.05) is 0 Å². The summed E-state index contributed by atoms with van der Waals surface area (Å²) in [5.41, 5.74) is 0.144. The van der Waals surface area contributed by atoms with Gasteiger partial charge in [-0.1, -0.05) is 0 Å². The highest BCUT2D eigenvalue weighted by Crippen LogP contribution is 2.61. The largest absolute Gasteiger partial charge is 0.465 e. The first-order chi connectivity index (χ1) is 9.51. The Morgan fingerprint density at radius 1 is 1.15 bits per heavy atom. The normalized spacial score (nSPS) is 39.6. The predicted octanol–water partition coefficient (Wildman–Crippen LogP) is 3.33. The van der Waals surface area contributed by atoms with Crippen LogP contribution in [0.1, 0.15) is 51.9 Å². The molecule has 1 unspecified atom stereocenters. The zero-order valence-electron chi connectivity index (χ0n) is 12.1. The quantitative estimate of drug-likeness (QED) is 0.444. The molecule has 0 radical (unpaired) electrons. The van der Waals surface area contributed by atoms with Crippen molar-refractivity contribution >= 4 is 23.4 Å². The van der Waals surface area contributed by atoms with Crippen molar-refractivity contribution in [1.82, 2.24) is 0 Å². The van der Waals surface area contributed by atoms with Crippen molar-refractivity contribution in [1.29, 1.82) is 0 Å². The van der Waals surface area contributed by atoms with Gasteiger partial charge in [-0.3, -0.25) is 4.79 Å². The molecule has 4 aliphatic rings. The van der Waals surface area contributed by atoms with E-state index in [2.05, 4.69) is 0 Å². The smallest absolute Gasteiger partial charge is 0.331 e. The first-order valence-electron chi connectivity index (χ1n) is 7.85. The molecule has 0 heterocycles. The molecule has 0 N–H and O–H groups in total. The lowest BCUT2D eigenvalue weighted by atomic mass is 9.48. The van der Waals surface area contributed by atoms with Gasteiger partial charge in [0.05, 0.1) is 6.61 Å².